The molecule has 1 N–H and O–H groups in total. The van der Waals surface area contributed by atoms with E-state index in [-0.39, 0.29) is 17.2 Å². The van der Waals surface area contributed by atoms with Gasteiger partial charge in [-0.2, -0.15) is 0 Å². The molecule has 0 radical (unpaired) electrons. The molecule has 0 spiro atoms. The van der Waals surface area contributed by atoms with Crippen LogP contribution in [0.25, 0.3) is 16.8 Å². The number of hydrogen-bond acceptors (Lipinski definition) is 4. The fourth-order valence-corrected chi connectivity index (χ4v) is 4.17. The van der Waals surface area contributed by atoms with Crippen molar-refractivity contribution in [3.63, 3.8) is 0 Å². The Labute approximate surface area is 165 Å². The molecule has 0 unspecified atom stereocenters. The van der Waals surface area contributed by atoms with E-state index in [9.17, 15) is 9.59 Å². The average Bonchev–Trinajstić information content (AvgIpc) is 2.62. The number of ketones is 1. The third-order valence-electron chi connectivity index (χ3n) is 5.47. The maximum Gasteiger partial charge on any atom is 0.334 e. The zero-order chi connectivity index (χ0) is 19.9. The van der Waals surface area contributed by atoms with Crippen LogP contribution < -0.4 is 5.32 Å². The van der Waals surface area contributed by atoms with Crippen LogP contribution in [0.1, 0.15) is 45.6 Å². The lowest BCUT2D eigenvalue weighted by atomic mass is 9.74. The number of esters is 1. The average molecular weight is 375 g/mol. The Bertz CT molecular complexity index is 1040. The monoisotopic (exact) mass is 375 g/mol. The number of fused-ring (bicyclic) bond motifs is 3. The van der Waals surface area contributed by atoms with Crippen molar-refractivity contribution < 1.29 is 14.3 Å². The zero-order valence-electron chi connectivity index (χ0n) is 16.6. The van der Waals surface area contributed by atoms with E-state index in [1.807, 2.05) is 24.3 Å². The van der Waals surface area contributed by atoms with Gasteiger partial charge >= 0.3 is 5.97 Å². The van der Waals surface area contributed by atoms with E-state index in [2.05, 4.69) is 37.4 Å². The molecule has 4 rings (SSSR count). The molecule has 28 heavy (non-hydrogen) atoms. The minimum absolute atomic E-state index is 0.109. The third kappa shape index (κ3) is 3.35. The molecule has 4 heteroatoms. The smallest absolute Gasteiger partial charge is 0.334 e. The fraction of sp³-hybridized carbons (Fsp3) is 0.333. The first kappa shape index (κ1) is 18.5. The van der Waals surface area contributed by atoms with Gasteiger partial charge in [-0.1, -0.05) is 50.2 Å². The van der Waals surface area contributed by atoms with Crippen molar-refractivity contribution in [3.8, 4) is 0 Å². The summed E-state index contributed by atoms with van der Waals surface area (Å²) in [6, 6.07) is 12.2. The Morgan fingerprint density at radius 2 is 1.93 bits per heavy atom. The summed E-state index contributed by atoms with van der Waals surface area (Å²) in [4.78, 5) is 25.5. The summed E-state index contributed by atoms with van der Waals surface area (Å²) in [6.45, 7) is 6.33. The van der Waals surface area contributed by atoms with Gasteiger partial charge in [-0.05, 0) is 35.8 Å². The molecule has 0 fully saturated rings. The number of carbonyl (C=O) groups is 2. The minimum Gasteiger partial charge on any atom is -0.463 e. The first-order valence-electron chi connectivity index (χ1n) is 9.79. The molecular weight excluding hydrogens is 350 g/mol. The quantitative estimate of drug-likeness (QED) is 0.729. The molecule has 2 aromatic rings. The molecule has 2 aromatic carbocycles. The van der Waals surface area contributed by atoms with Crippen molar-refractivity contribution >= 4 is 34.3 Å². The van der Waals surface area contributed by atoms with Crippen molar-refractivity contribution in [1.29, 1.82) is 0 Å². The number of allylic oxidation sites excluding steroid dienone is 2. The van der Waals surface area contributed by atoms with Crippen LogP contribution in [0.15, 0.2) is 53.2 Å². The largest absolute Gasteiger partial charge is 0.463 e. The summed E-state index contributed by atoms with van der Waals surface area (Å²) in [6.07, 6.45) is 3.44. The maximum absolute atomic E-state index is 12.9. The molecule has 0 atom stereocenters. The first-order valence-corrected chi connectivity index (χ1v) is 9.79. The van der Waals surface area contributed by atoms with Gasteiger partial charge in [0.15, 0.2) is 5.78 Å². The van der Waals surface area contributed by atoms with Crippen molar-refractivity contribution in [2.24, 2.45) is 5.41 Å². The molecule has 0 aromatic heterocycles. The number of benzene rings is 2. The molecule has 2 aliphatic rings. The van der Waals surface area contributed by atoms with Gasteiger partial charge in [0.25, 0.3) is 0 Å². The summed E-state index contributed by atoms with van der Waals surface area (Å²) >= 11 is 0. The van der Waals surface area contributed by atoms with E-state index in [0.29, 0.717) is 30.6 Å². The van der Waals surface area contributed by atoms with Crippen molar-refractivity contribution in [1.82, 2.24) is 0 Å². The van der Waals surface area contributed by atoms with E-state index in [4.69, 9.17) is 4.74 Å². The van der Waals surface area contributed by atoms with E-state index < -0.39 is 0 Å². The molecule has 1 heterocycles. The van der Waals surface area contributed by atoms with Gasteiger partial charge in [0.1, 0.15) is 0 Å². The molecule has 0 bridgehead atoms. The van der Waals surface area contributed by atoms with Gasteiger partial charge in [0.05, 0.1) is 12.3 Å². The highest BCUT2D eigenvalue weighted by Crippen LogP contribution is 2.42. The number of nitrogens with one attached hydrogen (secondary N) is 1. The van der Waals surface area contributed by atoms with Crippen molar-refractivity contribution in [2.75, 3.05) is 11.9 Å². The lowest BCUT2D eigenvalue weighted by Crippen LogP contribution is -2.30. The second-order valence-electron chi connectivity index (χ2n) is 8.34. The number of carbonyl (C=O) groups excluding carboxylic acids is 2. The van der Waals surface area contributed by atoms with Crippen LogP contribution in [-0.2, 0) is 14.3 Å². The van der Waals surface area contributed by atoms with Gasteiger partial charge in [-0.3, -0.25) is 4.79 Å². The predicted octanol–water partition coefficient (Wildman–Crippen LogP) is 5.25. The molecule has 1 aliphatic carbocycles. The molecule has 4 nitrogen and oxygen atoms in total. The molecule has 0 saturated heterocycles. The highest BCUT2D eigenvalue weighted by atomic mass is 16.5. The Balaban J connectivity index is 1.94. The van der Waals surface area contributed by atoms with E-state index in [1.54, 1.807) is 6.92 Å². The van der Waals surface area contributed by atoms with Crippen LogP contribution in [0.3, 0.4) is 0 Å². The summed E-state index contributed by atoms with van der Waals surface area (Å²) < 4.78 is 5.27. The molecular formula is C24H25NO3. The number of rotatable bonds is 2. The third-order valence-corrected chi connectivity index (χ3v) is 5.47. The minimum atomic E-state index is -0.354. The normalized spacial score (nSPS) is 20.2. The zero-order valence-corrected chi connectivity index (χ0v) is 16.6. The fourth-order valence-electron chi connectivity index (χ4n) is 4.17. The summed E-state index contributed by atoms with van der Waals surface area (Å²) in [5, 5.41) is 5.77. The lowest BCUT2D eigenvalue weighted by Gasteiger charge is -2.34. The van der Waals surface area contributed by atoms with Gasteiger partial charge < -0.3 is 10.1 Å². The van der Waals surface area contributed by atoms with Crippen LogP contribution in [0, 0.1) is 5.41 Å². The number of hydrogen-bond donors (Lipinski definition) is 1. The summed E-state index contributed by atoms with van der Waals surface area (Å²) in [5.41, 5.74) is 3.92. The SMILES string of the molecule is CCOC(=O)/C1=C/c2ccc3ccccc3c2NC2=C(C1)C(=O)CC(C)(C)C2. The first-order chi connectivity index (χ1) is 13.4. The number of Topliss-reactive ketones (excluding diaryl/α,β-unsaturated/α-hetero) is 1. The Morgan fingerprint density at radius 1 is 1.14 bits per heavy atom. The predicted molar refractivity (Wildman–Crippen MR) is 112 cm³/mol. The van der Waals surface area contributed by atoms with Crippen LogP contribution in [-0.4, -0.2) is 18.4 Å². The van der Waals surface area contributed by atoms with Crippen molar-refractivity contribution in [3.05, 3.63) is 58.8 Å². The topological polar surface area (TPSA) is 55.4 Å². The Kier molecular flexibility index (Phi) is 4.58. The number of ether oxygens (including phenoxy) is 1. The molecule has 0 amide bonds. The van der Waals surface area contributed by atoms with Gasteiger partial charge in [-0.15, -0.1) is 0 Å². The molecule has 1 aliphatic heterocycles. The standard InChI is InChI=1S/C24H25NO3/c1-4-28-23(27)17-11-16-10-9-15-7-5-6-8-18(15)22(16)25-20-13-24(2,3)14-21(26)19(20)12-17/h5-11,25H,4,12-14H2,1-3H3/b17-11+. The highest BCUT2D eigenvalue weighted by Gasteiger charge is 2.35. The van der Waals surface area contributed by atoms with Crippen LogP contribution in [0.4, 0.5) is 5.69 Å². The van der Waals surface area contributed by atoms with Crippen molar-refractivity contribution in [2.45, 2.75) is 40.0 Å². The highest BCUT2D eigenvalue weighted by molar-refractivity contribution is 6.06. The maximum atomic E-state index is 12.9. The summed E-state index contributed by atoms with van der Waals surface area (Å²) in [7, 11) is 0. The lowest BCUT2D eigenvalue weighted by molar-refractivity contribution is -0.138. The Hall–Kier alpha value is -2.88. The molecule has 144 valence electrons. The second-order valence-corrected chi connectivity index (χ2v) is 8.34. The van der Waals surface area contributed by atoms with Gasteiger partial charge in [0, 0.05) is 35.1 Å². The van der Waals surface area contributed by atoms with E-state index in [1.165, 1.54) is 0 Å². The van der Waals surface area contributed by atoms with Gasteiger partial charge in [-0.25, -0.2) is 4.79 Å². The Morgan fingerprint density at radius 3 is 2.71 bits per heavy atom. The second kappa shape index (κ2) is 6.93. The summed E-state index contributed by atoms with van der Waals surface area (Å²) in [5.74, 6) is -0.245. The number of anilines is 1. The van der Waals surface area contributed by atoms with Crippen LogP contribution in [0.5, 0.6) is 0 Å². The van der Waals surface area contributed by atoms with E-state index in [0.717, 1.165) is 34.1 Å². The van der Waals surface area contributed by atoms with Crippen LogP contribution >= 0.6 is 0 Å². The van der Waals surface area contributed by atoms with Crippen LogP contribution in [0.2, 0.25) is 0 Å². The molecule has 0 saturated carbocycles. The van der Waals surface area contributed by atoms with E-state index >= 15 is 0 Å². The van der Waals surface area contributed by atoms with Gasteiger partial charge in [0.2, 0.25) is 0 Å².